The summed E-state index contributed by atoms with van der Waals surface area (Å²) in [5.74, 6) is 0.760. The predicted molar refractivity (Wildman–Crippen MR) is 54.0 cm³/mol. The van der Waals surface area contributed by atoms with Gasteiger partial charge in [-0.1, -0.05) is 0 Å². The molecular formula is C8H17NO3S. The van der Waals surface area contributed by atoms with Crippen molar-refractivity contribution >= 4 is 18.5 Å². The molecule has 0 aromatic rings. The molecule has 0 saturated carbocycles. The molecule has 0 fully saturated rings. The summed E-state index contributed by atoms with van der Waals surface area (Å²) < 4.78 is 4.96. The molecule has 2 N–H and O–H groups in total. The Balaban J connectivity index is 3.08. The highest BCUT2D eigenvalue weighted by Crippen LogP contribution is 1.90. The molecule has 0 heterocycles. The lowest BCUT2D eigenvalue weighted by molar-refractivity contribution is -0.121. The second-order valence-electron chi connectivity index (χ2n) is 2.51. The van der Waals surface area contributed by atoms with Gasteiger partial charge in [0.05, 0.1) is 19.8 Å². The Bertz CT molecular complexity index is 133. The number of nitrogens with one attached hydrogen (secondary N) is 1. The monoisotopic (exact) mass is 207 g/mol. The minimum atomic E-state index is 0.0214. The molecule has 0 radical (unpaired) electrons. The van der Waals surface area contributed by atoms with Crippen molar-refractivity contribution in [2.75, 3.05) is 32.1 Å². The summed E-state index contributed by atoms with van der Waals surface area (Å²) in [5, 5.41) is 11.1. The molecule has 0 spiro atoms. The van der Waals surface area contributed by atoms with E-state index in [-0.39, 0.29) is 12.5 Å². The van der Waals surface area contributed by atoms with Crippen LogP contribution in [0, 0.1) is 0 Å². The average Bonchev–Trinajstić information content (AvgIpc) is 2.14. The molecular weight excluding hydrogens is 190 g/mol. The zero-order valence-electron chi connectivity index (χ0n) is 7.66. The maximum absolute atomic E-state index is 11.0. The summed E-state index contributed by atoms with van der Waals surface area (Å²) in [5.41, 5.74) is 0. The van der Waals surface area contributed by atoms with Gasteiger partial charge in [0.1, 0.15) is 0 Å². The van der Waals surface area contributed by atoms with Crippen LogP contribution in [-0.2, 0) is 9.53 Å². The van der Waals surface area contributed by atoms with Crippen LogP contribution in [0.3, 0.4) is 0 Å². The molecule has 1 amide bonds. The topological polar surface area (TPSA) is 58.6 Å². The van der Waals surface area contributed by atoms with Gasteiger partial charge in [-0.2, -0.15) is 12.6 Å². The lowest BCUT2D eigenvalue weighted by atomic mass is 10.3. The summed E-state index contributed by atoms with van der Waals surface area (Å²) in [4.78, 5) is 11.0. The number of hydrogen-bond donors (Lipinski definition) is 3. The Labute approximate surface area is 84.1 Å². The lowest BCUT2D eigenvalue weighted by Gasteiger charge is -2.04. The van der Waals surface area contributed by atoms with E-state index in [0.717, 1.165) is 12.2 Å². The Hall–Kier alpha value is -0.260. The first kappa shape index (κ1) is 12.7. The highest BCUT2D eigenvalue weighted by Gasteiger charge is 1.98. The van der Waals surface area contributed by atoms with Crippen LogP contribution in [0.25, 0.3) is 0 Å². The van der Waals surface area contributed by atoms with Crippen LogP contribution in [0.4, 0.5) is 0 Å². The fourth-order valence-corrected chi connectivity index (χ4v) is 0.915. The summed E-state index contributed by atoms with van der Waals surface area (Å²) in [6, 6.07) is 0. The number of ether oxygens (including phenoxy) is 1. The molecule has 0 aliphatic heterocycles. The van der Waals surface area contributed by atoms with Gasteiger partial charge in [0.15, 0.2) is 0 Å². The van der Waals surface area contributed by atoms with Gasteiger partial charge in [-0.05, 0) is 12.2 Å². The minimum Gasteiger partial charge on any atom is -0.394 e. The zero-order valence-corrected chi connectivity index (χ0v) is 8.56. The molecule has 0 aliphatic rings. The van der Waals surface area contributed by atoms with E-state index in [1.165, 1.54) is 0 Å². The van der Waals surface area contributed by atoms with Crippen molar-refractivity contribution in [3.05, 3.63) is 0 Å². The third-order valence-corrected chi connectivity index (χ3v) is 1.68. The number of rotatable bonds is 8. The second kappa shape index (κ2) is 9.83. The fourth-order valence-electron chi connectivity index (χ4n) is 0.757. The van der Waals surface area contributed by atoms with Gasteiger partial charge in [-0.25, -0.2) is 0 Å². The molecule has 13 heavy (non-hydrogen) atoms. The first-order valence-electron chi connectivity index (χ1n) is 4.37. The second-order valence-corrected chi connectivity index (χ2v) is 2.96. The average molecular weight is 207 g/mol. The number of carbonyl (C=O) groups excluding carboxylic acids is 1. The molecule has 0 atom stereocenters. The van der Waals surface area contributed by atoms with Crippen LogP contribution in [0.2, 0.25) is 0 Å². The third kappa shape index (κ3) is 9.66. The van der Waals surface area contributed by atoms with Gasteiger partial charge in [0, 0.05) is 13.0 Å². The molecule has 78 valence electrons. The maximum atomic E-state index is 11.0. The molecule has 0 unspecified atom stereocenters. The highest BCUT2D eigenvalue weighted by atomic mass is 32.1. The molecule has 0 saturated heterocycles. The quantitative estimate of drug-likeness (QED) is 0.382. The van der Waals surface area contributed by atoms with Crippen LogP contribution in [0.5, 0.6) is 0 Å². The van der Waals surface area contributed by atoms with Gasteiger partial charge in [0.2, 0.25) is 5.91 Å². The van der Waals surface area contributed by atoms with E-state index >= 15 is 0 Å². The Morgan fingerprint density at radius 3 is 2.85 bits per heavy atom. The molecule has 0 rings (SSSR count). The van der Waals surface area contributed by atoms with Gasteiger partial charge in [0.25, 0.3) is 0 Å². The van der Waals surface area contributed by atoms with Crippen molar-refractivity contribution in [1.29, 1.82) is 0 Å². The number of thiol groups is 1. The van der Waals surface area contributed by atoms with Crippen LogP contribution in [-0.4, -0.2) is 43.1 Å². The van der Waals surface area contributed by atoms with Crippen molar-refractivity contribution in [3.8, 4) is 0 Å². The summed E-state index contributed by atoms with van der Waals surface area (Å²) in [6.07, 6.45) is 1.32. The first-order valence-corrected chi connectivity index (χ1v) is 5.00. The summed E-state index contributed by atoms with van der Waals surface area (Å²) in [6.45, 7) is 1.30. The van der Waals surface area contributed by atoms with Crippen molar-refractivity contribution in [2.24, 2.45) is 0 Å². The molecule has 5 heteroatoms. The minimum absolute atomic E-state index is 0.0214. The number of hydrogen-bond acceptors (Lipinski definition) is 4. The van der Waals surface area contributed by atoms with Crippen LogP contribution in [0.1, 0.15) is 12.8 Å². The zero-order chi connectivity index (χ0) is 9.94. The molecule has 0 bridgehead atoms. The molecule has 0 aliphatic carbocycles. The molecule has 0 aromatic heterocycles. The Kier molecular flexibility index (Phi) is 9.63. The van der Waals surface area contributed by atoms with E-state index in [1.807, 2.05) is 0 Å². The fraction of sp³-hybridized carbons (Fsp3) is 0.875. The van der Waals surface area contributed by atoms with E-state index < -0.39 is 0 Å². The van der Waals surface area contributed by atoms with E-state index in [0.29, 0.717) is 26.2 Å². The maximum Gasteiger partial charge on any atom is 0.220 e. The van der Waals surface area contributed by atoms with Crippen molar-refractivity contribution in [2.45, 2.75) is 12.8 Å². The van der Waals surface area contributed by atoms with E-state index in [2.05, 4.69) is 17.9 Å². The van der Waals surface area contributed by atoms with Crippen molar-refractivity contribution < 1.29 is 14.6 Å². The van der Waals surface area contributed by atoms with Crippen LogP contribution in [0.15, 0.2) is 0 Å². The van der Waals surface area contributed by atoms with Crippen molar-refractivity contribution in [1.82, 2.24) is 5.32 Å². The highest BCUT2D eigenvalue weighted by molar-refractivity contribution is 7.80. The van der Waals surface area contributed by atoms with E-state index in [1.54, 1.807) is 0 Å². The standard InChI is InChI=1S/C8H17NO3S/c10-4-6-12-5-3-9-8(11)2-1-7-13/h10,13H,1-7H2,(H,9,11). The number of aliphatic hydroxyl groups excluding tert-OH is 1. The molecule has 0 aromatic carbocycles. The number of amides is 1. The Morgan fingerprint density at radius 1 is 1.46 bits per heavy atom. The lowest BCUT2D eigenvalue weighted by Crippen LogP contribution is -2.27. The van der Waals surface area contributed by atoms with Gasteiger partial charge >= 0.3 is 0 Å². The summed E-state index contributed by atoms with van der Waals surface area (Å²) in [7, 11) is 0. The number of carbonyl (C=O) groups is 1. The van der Waals surface area contributed by atoms with E-state index in [4.69, 9.17) is 9.84 Å². The van der Waals surface area contributed by atoms with Crippen LogP contribution < -0.4 is 5.32 Å². The Morgan fingerprint density at radius 2 is 2.23 bits per heavy atom. The van der Waals surface area contributed by atoms with Crippen LogP contribution >= 0.6 is 12.6 Å². The predicted octanol–water partition coefficient (Wildman–Crippen LogP) is -0.179. The van der Waals surface area contributed by atoms with Gasteiger partial charge < -0.3 is 15.2 Å². The van der Waals surface area contributed by atoms with Gasteiger partial charge in [-0.3, -0.25) is 4.79 Å². The normalized spacial score (nSPS) is 10.0. The summed E-state index contributed by atoms with van der Waals surface area (Å²) >= 11 is 4.00. The third-order valence-electron chi connectivity index (χ3n) is 1.37. The smallest absolute Gasteiger partial charge is 0.220 e. The SMILES string of the molecule is O=C(CCCS)NCCOCCO. The van der Waals surface area contributed by atoms with Gasteiger partial charge in [-0.15, -0.1) is 0 Å². The largest absolute Gasteiger partial charge is 0.394 e. The van der Waals surface area contributed by atoms with Crippen molar-refractivity contribution in [3.63, 3.8) is 0 Å². The molecule has 4 nitrogen and oxygen atoms in total. The van der Waals surface area contributed by atoms with E-state index in [9.17, 15) is 4.79 Å². The number of aliphatic hydroxyl groups is 1. The first-order chi connectivity index (χ1) is 6.31.